The number of nitrogens with zero attached hydrogens (tertiary/aromatic N) is 1. The molecule has 6 heteroatoms. The Bertz CT molecular complexity index is 768. The molecule has 0 aliphatic carbocycles. The summed E-state index contributed by atoms with van der Waals surface area (Å²) in [5.41, 5.74) is 4.06. The zero-order chi connectivity index (χ0) is 25.2. The number of quaternary nitrogens is 3. The van der Waals surface area contributed by atoms with Crippen molar-refractivity contribution >= 4 is 19.2 Å². The molecule has 0 spiro atoms. The topological polar surface area (TPSA) is 39.6 Å². The summed E-state index contributed by atoms with van der Waals surface area (Å²) in [4.78, 5) is 3.07. The first-order valence-electron chi connectivity index (χ1n) is 12.4. The van der Waals surface area contributed by atoms with Crippen molar-refractivity contribution in [3.8, 4) is 0 Å². The Morgan fingerprint density at radius 1 is 0.765 bits per heavy atom. The molecular weight excluding hydrogens is 430 g/mol. The minimum atomic E-state index is -0.702. The molecule has 0 fully saturated rings. The third kappa shape index (κ3) is 12.7. The fraction of sp³-hybridized carbons (Fsp3) is 0.571. The van der Waals surface area contributed by atoms with Crippen LogP contribution in [-0.4, -0.2) is 46.8 Å². The molecule has 0 saturated carbocycles. The molecule has 0 aliphatic rings. The van der Waals surface area contributed by atoms with Gasteiger partial charge in [0.2, 0.25) is 0 Å². The number of nitrogens with two attached hydrogens (primary N) is 1. The van der Waals surface area contributed by atoms with Gasteiger partial charge in [-0.25, -0.2) is 0 Å². The molecule has 4 nitrogen and oxygen atoms in total. The van der Waals surface area contributed by atoms with Gasteiger partial charge in [-0.1, -0.05) is 87.4 Å². The van der Waals surface area contributed by atoms with E-state index < -0.39 is 8.22 Å². The number of benzene rings is 2. The zero-order valence-corrected chi connectivity index (χ0v) is 25.1. The van der Waals surface area contributed by atoms with Gasteiger partial charge in [0.25, 0.3) is 0 Å². The summed E-state index contributed by atoms with van der Waals surface area (Å²) < 4.78 is 0. The number of rotatable bonds is 9. The van der Waals surface area contributed by atoms with Gasteiger partial charge in [0.15, 0.2) is 0 Å². The second-order valence-corrected chi connectivity index (χ2v) is 12.9. The van der Waals surface area contributed by atoms with Gasteiger partial charge in [0.05, 0.1) is 42.0 Å². The molecule has 2 aromatic carbocycles. The van der Waals surface area contributed by atoms with Crippen molar-refractivity contribution in [2.75, 3.05) is 41.3 Å². The summed E-state index contributed by atoms with van der Waals surface area (Å²) in [6, 6.07) is 17.4. The van der Waals surface area contributed by atoms with E-state index in [0.29, 0.717) is 11.8 Å². The van der Waals surface area contributed by atoms with Crippen LogP contribution in [0.25, 0.3) is 5.09 Å². The predicted molar refractivity (Wildman–Crippen MR) is 148 cm³/mol. The molecule has 4 N–H and O–H groups in total. The van der Waals surface area contributed by atoms with Crippen LogP contribution in [-0.2, 0) is 0 Å². The van der Waals surface area contributed by atoms with Crippen molar-refractivity contribution in [3.05, 3.63) is 64.7 Å². The van der Waals surface area contributed by atoms with E-state index in [9.17, 15) is 0 Å². The van der Waals surface area contributed by atoms with Crippen LogP contribution >= 0.6 is 8.22 Å². The molecule has 0 unspecified atom stereocenters. The second kappa shape index (κ2) is 16.0. The van der Waals surface area contributed by atoms with E-state index in [0.717, 1.165) is 0 Å². The monoisotopic (exact) mass is 481 g/mol. The Kier molecular flexibility index (Phi) is 15.6. The molecule has 0 amide bonds. The summed E-state index contributed by atoms with van der Waals surface area (Å²) in [5.74, 6) is 0.944. The molecule has 186 valence electrons. The Hall–Kier alpha value is -0.853. The van der Waals surface area contributed by atoms with Crippen molar-refractivity contribution in [1.29, 1.82) is 0 Å². The Labute approximate surface area is 224 Å². The molecule has 2 aromatic rings. The number of hydrogen-bond acceptors (Lipinski definition) is 0. The number of nitrogens with one attached hydrogen (secondary N) is 2. The molecule has 0 bridgehead atoms. The molecule has 0 radical (unpaired) electrons. The molecule has 0 aromatic heterocycles. The standard InChI is InChI=1S/C22H32N2P.C6H16N2.Li/c1-16(2)19-14-11-15-20(17(3)4)21(19)23-25(24-22(5,6)7)18-12-9-8-10-13-18;1-7(2)5-6-8(3)4;/h8-17,24H,1-7H3;5-6H2,1-4H3;/q-1;;+1/p+3/t25-;;/m1../s1. The van der Waals surface area contributed by atoms with Gasteiger partial charge in [-0.3, -0.25) is 0 Å². The van der Waals surface area contributed by atoms with E-state index in [4.69, 9.17) is 5.09 Å². The maximum atomic E-state index is 5.37. The largest absolute Gasteiger partial charge is 1.00 e. The van der Waals surface area contributed by atoms with Crippen molar-refractivity contribution in [1.82, 2.24) is 0 Å². The van der Waals surface area contributed by atoms with Gasteiger partial charge in [-0.2, -0.15) is 0 Å². The van der Waals surface area contributed by atoms with Crippen LogP contribution < -0.4 is 39.1 Å². The van der Waals surface area contributed by atoms with E-state index in [1.165, 1.54) is 45.0 Å². The average Bonchev–Trinajstić information content (AvgIpc) is 2.71. The number of hydrogen-bond donors (Lipinski definition) is 3. The minimum absolute atomic E-state index is 0. The molecule has 34 heavy (non-hydrogen) atoms. The van der Waals surface area contributed by atoms with Crippen LogP contribution in [0, 0.1) is 0 Å². The summed E-state index contributed by atoms with van der Waals surface area (Å²) >= 11 is 0. The molecule has 1 atom stereocenters. The van der Waals surface area contributed by atoms with Crippen LogP contribution in [0.5, 0.6) is 0 Å². The molecule has 0 heterocycles. The van der Waals surface area contributed by atoms with Gasteiger partial charge in [-0.05, 0) is 32.6 Å². The normalized spacial score (nSPS) is 12.4. The number of likely N-dealkylation sites (N-methyl/N-ethyl adjacent to an activating group) is 2. The van der Waals surface area contributed by atoms with Crippen molar-refractivity contribution in [2.24, 2.45) is 0 Å². The van der Waals surface area contributed by atoms with Gasteiger partial charge >= 0.3 is 18.9 Å². The third-order valence-corrected chi connectivity index (χ3v) is 7.47. The fourth-order valence-corrected chi connectivity index (χ4v) is 5.32. The summed E-state index contributed by atoms with van der Waals surface area (Å²) in [5, 5.41) is 9.12. The SMILES string of the molecule is CC(C)c1cccc(C(C)C)c1[N-][P@]([NH2+]C(C)(C)C)c1ccccc1.C[NH+](C)CC[NH+](C)C.[Li+]. The first kappa shape index (κ1) is 33.1. The quantitative estimate of drug-likeness (QED) is 0.339. The van der Waals surface area contributed by atoms with Crippen LogP contribution in [0.15, 0.2) is 48.5 Å². The molecule has 2 rings (SSSR count). The smallest absolute Gasteiger partial charge is 0.606 e. The van der Waals surface area contributed by atoms with E-state index in [1.807, 2.05) is 0 Å². The van der Waals surface area contributed by atoms with E-state index in [-0.39, 0.29) is 24.4 Å². The minimum Gasteiger partial charge on any atom is -0.606 e. The van der Waals surface area contributed by atoms with Gasteiger partial charge in [0.1, 0.15) is 13.1 Å². The second-order valence-electron chi connectivity index (χ2n) is 11.3. The van der Waals surface area contributed by atoms with Crippen molar-refractivity contribution < 1.29 is 33.7 Å². The molecule has 0 aliphatic heterocycles. The van der Waals surface area contributed by atoms with Crippen LogP contribution in [0.1, 0.15) is 71.4 Å². The van der Waals surface area contributed by atoms with Crippen molar-refractivity contribution in [2.45, 2.75) is 65.8 Å². The Morgan fingerprint density at radius 2 is 1.21 bits per heavy atom. The Morgan fingerprint density at radius 3 is 1.56 bits per heavy atom. The van der Waals surface area contributed by atoms with Crippen molar-refractivity contribution in [3.63, 3.8) is 0 Å². The average molecular weight is 482 g/mol. The first-order valence-corrected chi connectivity index (χ1v) is 13.8. The van der Waals surface area contributed by atoms with Gasteiger partial charge in [0, 0.05) is 5.30 Å². The fourth-order valence-electron chi connectivity index (χ4n) is 3.34. The first-order chi connectivity index (χ1) is 15.3. The molecule has 0 saturated heterocycles. The van der Waals surface area contributed by atoms with Crippen LogP contribution in [0.2, 0.25) is 0 Å². The summed E-state index contributed by atoms with van der Waals surface area (Å²) in [6.45, 7) is 18.4. The van der Waals surface area contributed by atoms with Crippen LogP contribution in [0.3, 0.4) is 0 Å². The van der Waals surface area contributed by atoms with E-state index in [2.05, 4.69) is 130 Å². The third-order valence-electron chi connectivity index (χ3n) is 5.21. The summed E-state index contributed by atoms with van der Waals surface area (Å²) in [6.07, 6.45) is 0. The molecular formula is C28H51LiN4P+3. The van der Waals surface area contributed by atoms with Gasteiger partial charge in [-0.15, -0.1) is 5.69 Å². The Balaban J connectivity index is 0.00000104. The predicted octanol–water partition coefficient (Wildman–Crippen LogP) is 0.217. The van der Waals surface area contributed by atoms with E-state index in [1.54, 1.807) is 0 Å². The maximum absolute atomic E-state index is 5.37. The van der Waals surface area contributed by atoms with E-state index >= 15 is 0 Å². The zero-order valence-electron chi connectivity index (χ0n) is 24.2. The van der Waals surface area contributed by atoms with Gasteiger partial charge < -0.3 is 20.0 Å². The maximum Gasteiger partial charge on any atom is 1.00 e. The van der Waals surface area contributed by atoms with Crippen LogP contribution in [0.4, 0.5) is 5.69 Å². The summed E-state index contributed by atoms with van der Waals surface area (Å²) in [7, 11) is 8.03.